The lowest BCUT2D eigenvalue weighted by atomic mass is 9.55. The lowest BCUT2D eigenvalue weighted by Crippen LogP contribution is -2.70. The number of fused-ring (bicyclic) bond motifs is 2. The molecular weight excluding hydrogens is 694 g/mol. The van der Waals surface area contributed by atoms with Gasteiger partial charge in [-0.1, -0.05) is 42.8 Å². The van der Waals surface area contributed by atoms with E-state index in [1.165, 1.54) is 0 Å². The number of allylic oxidation sites excluding steroid dienone is 1. The minimum atomic E-state index is -1.35. The lowest BCUT2D eigenvalue weighted by Gasteiger charge is -2.59. The molecule has 0 aromatic heterocycles. The van der Waals surface area contributed by atoms with Crippen LogP contribution in [0, 0.1) is 17.8 Å². The summed E-state index contributed by atoms with van der Waals surface area (Å²) >= 11 is 0. The molecule has 4 N–H and O–H groups in total. The highest BCUT2D eigenvalue weighted by atomic mass is 16.8. The van der Waals surface area contributed by atoms with Crippen molar-refractivity contribution in [1.82, 2.24) is 10.2 Å². The van der Waals surface area contributed by atoms with Crippen LogP contribution in [0.5, 0.6) is 11.5 Å². The van der Waals surface area contributed by atoms with E-state index in [2.05, 4.69) is 30.6 Å². The third-order valence-corrected chi connectivity index (χ3v) is 11.0. The zero-order valence-electron chi connectivity index (χ0n) is 31.9. The smallest absolute Gasteiger partial charge is 0.317 e. The number of nitrogens with zero attached hydrogens (tertiary/aromatic N) is 2. The van der Waals surface area contributed by atoms with Gasteiger partial charge < -0.3 is 54.1 Å². The Balaban J connectivity index is 1.68. The Morgan fingerprint density at radius 2 is 1.85 bits per heavy atom. The van der Waals surface area contributed by atoms with Crippen molar-refractivity contribution < 1.29 is 48.6 Å². The largest absolute Gasteiger partial charge is 0.490 e. The molecule has 0 radical (unpaired) electrons. The molecule has 300 valence electrons. The van der Waals surface area contributed by atoms with Gasteiger partial charge in [-0.2, -0.15) is 0 Å². The number of urea groups is 1. The van der Waals surface area contributed by atoms with Crippen molar-refractivity contribution in [1.29, 1.82) is 0 Å². The second kappa shape index (κ2) is 21.0. The van der Waals surface area contributed by atoms with Gasteiger partial charge in [-0.05, 0) is 74.1 Å². The maximum Gasteiger partial charge on any atom is 0.317 e. The summed E-state index contributed by atoms with van der Waals surface area (Å²) in [4.78, 5) is 21.7. The summed E-state index contributed by atoms with van der Waals surface area (Å²) in [7, 11) is 1.74. The average Bonchev–Trinajstić information content (AvgIpc) is 3.19. The van der Waals surface area contributed by atoms with E-state index in [0.29, 0.717) is 43.3 Å². The predicted octanol–water partition coefficient (Wildman–Crippen LogP) is 5.06. The van der Waals surface area contributed by atoms with Crippen LogP contribution in [0.25, 0.3) is 0 Å². The summed E-state index contributed by atoms with van der Waals surface area (Å²) in [6, 6.07) is 4.87. The fourth-order valence-corrected chi connectivity index (χ4v) is 8.55. The third-order valence-electron chi connectivity index (χ3n) is 11.0. The maximum atomic E-state index is 14.0. The molecule has 2 fully saturated rings. The first-order valence-electron chi connectivity index (χ1n) is 19.7. The van der Waals surface area contributed by atoms with Crippen molar-refractivity contribution in [2.75, 3.05) is 66.4 Å². The Kier molecular flexibility index (Phi) is 16.2. The molecule has 7 atom stereocenters. The Bertz CT molecular complexity index is 1430. The second-order valence-electron chi connectivity index (χ2n) is 14.5. The number of amides is 2. The fourth-order valence-electron chi connectivity index (χ4n) is 8.55. The van der Waals surface area contributed by atoms with Crippen molar-refractivity contribution >= 4 is 11.7 Å². The number of rotatable bonds is 22. The minimum absolute atomic E-state index is 0.0957. The van der Waals surface area contributed by atoms with E-state index in [0.717, 1.165) is 56.1 Å². The van der Waals surface area contributed by atoms with Crippen molar-refractivity contribution in [3.05, 3.63) is 60.7 Å². The third kappa shape index (κ3) is 9.85. The number of aliphatic hydroxyl groups excluding tert-OH is 3. The fraction of sp³-hybridized carbons (Fsp3) is 0.659. The lowest BCUT2D eigenvalue weighted by molar-refractivity contribution is -0.252. The molecule has 2 amide bonds. The highest BCUT2D eigenvalue weighted by Crippen LogP contribution is 2.61. The summed E-state index contributed by atoms with van der Waals surface area (Å²) in [5, 5.41) is 36.5. The van der Waals surface area contributed by atoms with E-state index in [1.54, 1.807) is 24.1 Å². The van der Waals surface area contributed by atoms with Crippen molar-refractivity contribution in [2.45, 2.75) is 88.2 Å². The molecule has 13 nitrogen and oxygen atoms in total. The van der Waals surface area contributed by atoms with Crippen molar-refractivity contribution in [2.24, 2.45) is 22.9 Å². The van der Waals surface area contributed by atoms with E-state index in [-0.39, 0.29) is 76.4 Å². The van der Waals surface area contributed by atoms with E-state index in [9.17, 15) is 15.0 Å². The molecule has 4 aliphatic rings. The number of likely N-dealkylation sites (N-methyl/N-ethyl adjacent to an activating group) is 1. The zero-order chi connectivity index (χ0) is 38.3. The van der Waals surface area contributed by atoms with Crippen LogP contribution in [0.15, 0.2) is 60.3 Å². The Hall–Kier alpha value is -3.46. The van der Waals surface area contributed by atoms with E-state index in [1.807, 2.05) is 12.1 Å². The molecule has 13 heteroatoms. The van der Waals surface area contributed by atoms with Crippen LogP contribution < -0.4 is 14.8 Å². The number of nitrogens with one attached hydrogen (secondary N) is 1. The van der Waals surface area contributed by atoms with E-state index < -0.39 is 24.0 Å². The van der Waals surface area contributed by atoms with Gasteiger partial charge in [0, 0.05) is 51.1 Å². The number of unbranched alkanes of at least 4 members (excludes halogenated alkanes) is 2. The van der Waals surface area contributed by atoms with Crippen LogP contribution in [0.2, 0.25) is 0 Å². The first-order chi connectivity index (χ1) is 26.4. The van der Waals surface area contributed by atoms with Gasteiger partial charge in [0.25, 0.3) is 0 Å². The molecule has 0 bridgehead atoms. The number of ether oxygens (including phenoxy) is 5. The molecule has 2 aliphatic heterocycles. The molecule has 0 spiro atoms. The molecular formula is C41H61N3O10. The normalized spacial score (nSPS) is 27.9. The zero-order valence-corrected chi connectivity index (χ0v) is 31.9. The summed E-state index contributed by atoms with van der Waals surface area (Å²) in [5.74, 6) is -0.393. The van der Waals surface area contributed by atoms with Gasteiger partial charge in [-0.3, -0.25) is 0 Å². The SMILES string of the molecule is C=CCOc1ccc2c(c1)C1C(CCCCO)C(CCCCO)C=C3C(=NOC4CCCCO4)CC(N(C)C(=O)NCCOCCO)C(OCC=C)(O2)C31. The summed E-state index contributed by atoms with van der Waals surface area (Å²) in [6.07, 6.45) is 12.9. The molecule has 2 aliphatic carbocycles. The molecule has 1 saturated heterocycles. The van der Waals surface area contributed by atoms with Gasteiger partial charge in [0.1, 0.15) is 24.1 Å². The molecule has 2 heterocycles. The van der Waals surface area contributed by atoms with Crippen molar-refractivity contribution in [3.8, 4) is 11.5 Å². The van der Waals surface area contributed by atoms with Gasteiger partial charge >= 0.3 is 6.03 Å². The van der Waals surface area contributed by atoms with Gasteiger partial charge in [0.05, 0.1) is 44.7 Å². The van der Waals surface area contributed by atoms with E-state index in [4.69, 9.17) is 38.8 Å². The Morgan fingerprint density at radius 3 is 2.57 bits per heavy atom. The summed E-state index contributed by atoms with van der Waals surface area (Å²) < 4.78 is 31.5. The first-order valence-corrected chi connectivity index (χ1v) is 19.7. The van der Waals surface area contributed by atoms with Crippen LogP contribution in [0.3, 0.4) is 0 Å². The van der Waals surface area contributed by atoms with Crippen LogP contribution in [-0.4, -0.2) is 117 Å². The Morgan fingerprint density at radius 1 is 1.06 bits per heavy atom. The number of hydrogen-bond donors (Lipinski definition) is 4. The second-order valence-corrected chi connectivity index (χ2v) is 14.5. The number of aliphatic hydroxyl groups is 3. The van der Waals surface area contributed by atoms with Crippen LogP contribution >= 0.6 is 0 Å². The van der Waals surface area contributed by atoms with Gasteiger partial charge in [-0.25, -0.2) is 4.79 Å². The highest BCUT2D eigenvalue weighted by molar-refractivity contribution is 6.03. The van der Waals surface area contributed by atoms with Crippen LogP contribution in [0.4, 0.5) is 4.79 Å². The number of hydrogen-bond acceptors (Lipinski definition) is 11. The molecule has 1 saturated carbocycles. The van der Waals surface area contributed by atoms with Gasteiger partial charge in [-0.15, -0.1) is 6.58 Å². The molecule has 7 unspecified atom stereocenters. The Labute approximate surface area is 319 Å². The molecule has 54 heavy (non-hydrogen) atoms. The highest BCUT2D eigenvalue weighted by Gasteiger charge is 2.65. The molecule has 5 rings (SSSR count). The quantitative estimate of drug-likeness (QED) is 0.0716. The molecule has 1 aromatic rings. The van der Waals surface area contributed by atoms with Crippen LogP contribution in [0.1, 0.15) is 75.7 Å². The standard InChI is InChI=1S/C41H61N3O10/c1-4-21-50-30-15-16-35-33(27-30)38-31(13-7-10-19-46)29(12-6-9-18-45)26-32-34(43-54-37-14-8-11-23-51-37)28-36(41(53-35,39(32)38)52-22-5-2)44(3)40(48)42-17-24-49-25-20-47/h4-5,15-16,26-27,29,31,36-39,45-47H,1-2,6-14,17-25,28H2,3H3,(H,42,48). The van der Waals surface area contributed by atoms with Gasteiger partial charge in [0.15, 0.2) is 0 Å². The molecule has 1 aromatic carbocycles. The van der Waals surface area contributed by atoms with E-state index >= 15 is 0 Å². The number of oxime groups is 1. The maximum absolute atomic E-state index is 14.0. The summed E-state index contributed by atoms with van der Waals surface area (Å²) in [6.45, 7) is 9.73. The minimum Gasteiger partial charge on any atom is -0.490 e. The monoisotopic (exact) mass is 755 g/mol. The summed E-state index contributed by atoms with van der Waals surface area (Å²) in [5.41, 5.74) is 2.65. The number of carbonyl (C=O) groups excluding carboxylic acids is 1. The first kappa shape index (κ1) is 41.7. The van der Waals surface area contributed by atoms with Crippen LogP contribution in [-0.2, 0) is 19.0 Å². The van der Waals surface area contributed by atoms with Crippen molar-refractivity contribution in [3.63, 3.8) is 0 Å². The number of benzene rings is 1. The number of carbonyl (C=O) groups is 1. The topological polar surface area (TPSA) is 161 Å². The average molecular weight is 756 g/mol. The van der Waals surface area contributed by atoms with Gasteiger partial charge in [0.2, 0.25) is 12.1 Å². The predicted molar refractivity (Wildman–Crippen MR) is 204 cm³/mol.